The lowest BCUT2D eigenvalue weighted by molar-refractivity contribution is 0.0204. The lowest BCUT2D eigenvalue weighted by Gasteiger charge is -2.34. The van der Waals surface area contributed by atoms with Crippen molar-refractivity contribution in [1.82, 2.24) is 19.7 Å². The van der Waals surface area contributed by atoms with Gasteiger partial charge in [-0.2, -0.15) is 5.10 Å². The van der Waals surface area contributed by atoms with Crippen LogP contribution in [0.2, 0.25) is 0 Å². The number of hydrogen-bond donors (Lipinski definition) is 0. The summed E-state index contributed by atoms with van der Waals surface area (Å²) < 4.78 is 19.4. The van der Waals surface area contributed by atoms with Crippen LogP contribution in [0.1, 0.15) is 124 Å². The van der Waals surface area contributed by atoms with E-state index in [1.54, 1.807) is 17.8 Å². The average molecular weight is 679 g/mol. The number of pyridine rings is 1. The van der Waals surface area contributed by atoms with Gasteiger partial charge in [0, 0.05) is 30.4 Å². The number of aromatic nitrogens is 3. The summed E-state index contributed by atoms with van der Waals surface area (Å²) in [4.78, 5) is 32.2. The molecule has 0 N–H and O–H groups in total. The van der Waals surface area contributed by atoms with Crippen LogP contribution in [0.15, 0.2) is 60.8 Å². The van der Waals surface area contributed by atoms with Crippen LogP contribution in [-0.2, 0) is 22.3 Å². The van der Waals surface area contributed by atoms with Crippen LogP contribution in [0.5, 0.6) is 5.75 Å². The molecule has 1 saturated heterocycles. The zero-order valence-electron chi connectivity index (χ0n) is 30.5. The Kier molecular flexibility index (Phi) is 10.3. The Morgan fingerprint density at radius 3 is 2.44 bits per heavy atom. The minimum Gasteiger partial charge on any atom is -0.486 e. The smallest absolute Gasteiger partial charge is 0.410 e. The summed E-state index contributed by atoms with van der Waals surface area (Å²) in [6.45, 7) is 15.4. The monoisotopic (exact) mass is 678 g/mol. The molecule has 4 aromatic rings. The number of hydrogen-bond acceptors (Lipinski definition) is 7. The van der Waals surface area contributed by atoms with Gasteiger partial charge in [-0.15, -0.1) is 0 Å². The molecule has 50 heavy (non-hydrogen) atoms. The topological polar surface area (TPSA) is 95.8 Å². The van der Waals surface area contributed by atoms with Gasteiger partial charge in [0.1, 0.15) is 23.0 Å². The van der Waals surface area contributed by atoms with E-state index in [0.29, 0.717) is 42.7 Å². The number of carbonyl (C=O) groups excluding carboxylic acids is 2. The number of carbonyl (C=O) groups is 2. The van der Waals surface area contributed by atoms with E-state index in [4.69, 9.17) is 24.3 Å². The molecule has 0 saturated carbocycles. The number of benzene rings is 2. The first-order chi connectivity index (χ1) is 24.0. The maximum atomic E-state index is 12.7. The van der Waals surface area contributed by atoms with Crippen LogP contribution in [0.4, 0.5) is 4.79 Å². The average Bonchev–Trinajstić information content (AvgIpc) is 3.73. The first-order valence-electron chi connectivity index (χ1n) is 18.1. The minimum absolute atomic E-state index is 0.0496. The molecule has 0 unspecified atom stereocenters. The Bertz CT molecular complexity index is 1850. The Balaban J connectivity index is 1.21. The summed E-state index contributed by atoms with van der Waals surface area (Å²) in [5.41, 5.74) is 7.62. The summed E-state index contributed by atoms with van der Waals surface area (Å²) in [6, 6.07) is 18.8. The predicted octanol–water partition coefficient (Wildman–Crippen LogP) is 8.98. The molecule has 0 spiro atoms. The third-order valence-corrected chi connectivity index (χ3v) is 9.58. The van der Waals surface area contributed by atoms with Crippen LogP contribution in [-0.4, -0.2) is 57.0 Å². The first-order valence-corrected chi connectivity index (χ1v) is 18.1. The van der Waals surface area contributed by atoms with Crippen LogP contribution in [0, 0.1) is 0 Å². The van der Waals surface area contributed by atoms with E-state index in [1.807, 2.05) is 57.7 Å². The molecule has 0 bridgehead atoms. The van der Waals surface area contributed by atoms with Gasteiger partial charge in [0.15, 0.2) is 5.82 Å². The van der Waals surface area contributed by atoms with Crippen molar-refractivity contribution in [2.75, 3.05) is 19.7 Å². The predicted molar refractivity (Wildman–Crippen MR) is 194 cm³/mol. The molecule has 1 amide bonds. The molecule has 2 aliphatic rings. The minimum atomic E-state index is -0.491. The molecule has 9 nitrogen and oxygen atoms in total. The Morgan fingerprint density at radius 1 is 0.980 bits per heavy atom. The Labute approximate surface area is 296 Å². The highest BCUT2D eigenvalue weighted by molar-refractivity contribution is 5.90. The first kappa shape index (κ1) is 35.2. The number of ether oxygens (including phenoxy) is 3. The number of aryl methyl sites for hydroxylation is 2. The summed E-state index contributed by atoms with van der Waals surface area (Å²) >= 11 is 0. The molecular formula is C41H50N4O5. The van der Waals surface area contributed by atoms with Gasteiger partial charge in [-0.1, -0.05) is 51.1 Å². The van der Waals surface area contributed by atoms with Gasteiger partial charge in [-0.3, -0.25) is 0 Å². The van der Waals surface area contributed by atoms with Crippen molar-refractivity contribution in [2.45, 2.75) is 104 Å². The molecule has 3 heterocycles. The fraction of sp³-hybridized carbons (Fsp3) is 0.463. The van der Waals surface area contributed by atoms with Crippen molar-refractivity contribution < 1.29 is 23.8 Å². The van der Waals surface area contributed by atoms with E-state index < -0.39 is 5.60 Å². The molecule has 9 heteroatoms. The van der Waals surface area contributed by atoms with Gasteiger partial charge in [0.25, 0.3) is 0 Å². The van der Waals surface area contributed by atoms with Crippen molar-refractivity contribution in [3.05, 3.63) is 94.3 Å². The molecule has 2 aromatic carbocycles. The number of likely N-dealkylation sites (tertiary alicyclic amines) is 1. The van der Waals surface area contributed by atoms with Gasteiger partial charge in [0.05, 0.1) is 18.0 Å². The zero-order chi connectivity index (χ0) is 35.6. The third-order valence-electron chi connectivity index (χ3n) is 9.58. The highest BCUT2D eigenvalue weighted by atomic mass is 16.6. The summed E-state index contributed by atoms with van der Waals surface area (Å²) in [5, 5.41) is 4.75. The van der Waals surface area contributed by atoms with Crippen LogP contribution < -0.4 is 4.74 Å². The van der Waals surface area contributed by atoms with Crippen LogP contribution >= 0.6 is 0 Å². The quantitative estimate of drug-likeness (QED) is 0.163. The highest BCUT2D eigenvalue weighted by Gasteiger charge is 2.31. The van der Waals surface area contributed by atoms with E-state index in [-0.39, 0.29) is 24.1 Å². The van der Waals surface area contributed by atoms with E-state index in [1.165, 1.54) is 22.3 Å². The molecule has 2 aromatic heterocycles. The zero-order valence-corrected chi connectivity index (χ0v) is 30.5. The van der Waals surface area contributed by atoms with Gasteiger partial charge in [-0.05, 0) is 113 Å². The number of piperidine rings is 1. The van der Waals surface area contributed by atoms with Gasteiger partial charge in [-0.25, -0.2) is 19.3 Å². The highest BCUT2D eigenvalue weighted by Crippen LogP contribution is 2.42. The van der Waals surface area contributed by atoms with Gasteiger partial charge >= 0.3 is 12.1 Å². The molecule has 1 aliphatic carbocycles. The number of fused-ring (bicyclic) bond motifs is 1. The molecule has 6 rings (SSSR count). The SMILES string of the molecule is CCOC(=O)c1cn(-c2cccc(-c3cccc4c3[C@@H](Oc3ccc(C5CCN(C(=O)OC(C)(C)C)CC5)c(CC)c3)CC4)n2)nc1C(C)C. The molecule has 1 fully saturated rings. The van der Waals surface area contributed by atoms with E-state index in [2.05, 4.69) is 43.3 Å². The fourth-order valence-corrected chi connectivity index (χ4v) is 7.21. The lowest BCUT2D eigenvalue weighted by atomic mass is 9.86. The summed E-state index contributed by atoms with van der Waals surface area (Å²) in [6.07, 6.45) is 5.95. The van der Waals surface area contributed by atoms with Crippen LogP contribution in [0.3, 0.4) is 0 Å². The largest absolute Gasteiger partial charge is 0.486 e. The third kappa shape index (κ3) is 7.57. The molecule has 264 valence electrons. The van der Waals surface area contributed by atoms with E-state index in [9.17, 15) is 9.59 Å². The Hall–Kier alpha value is -4.66. The summed E-state index contributed by atoms with van der Waals surface area (Å²) in [7, 11) is 0. The number of amides is 1. The maximum Gasteiger partial charge on any atom is 0.410 e. The number of esters is 1. The second-order valence-electron chi connectivity index (χ2n) is 14.6. The van der Waals surface area contributed by atoms with Crippen molar-refractivity contribution in [3.8, 4) is 22.8 Å². The Morgan fingerprint density at radius 2 is 1.74 bits per heavy atom. The second kappa shape index (κ2) is 14.7. The maximum absolute atomic E-state index is 12.7. The standard InChI is InChI=1S/C41H50N4O5/c1-8-27-24-30(17-18-31(27)28-20-22-44(23-21-28)40(47)50-41(5,6)7)49-35-19-16-29-12-10-13-32(37(29)35)34-14-11-15-36(42-34)45-25-33(39(46)48-9-2)38(43-45)26(3)4/h10-15,17-18,24-26,28,35H,8-9,16,19-23H2,1-7H3/t35-/m0/s1. The van der Waals surface area contributed by atoms with Crippen LogP contribution in [0.25, 0.3) is 17.1 Å². The van der Waals surface area contributed by atoms with Gasteiger partial charge < -0.3 is 19.1 Å². The normalized spacial score (nSPS) is 16.4. The molecular weight excluding hydrogens is 628 g/mol. The van der Waals surface area contributed by atoms with Crippen molar-refractivity contribution in [1.29, 1.82) is 0 Å². The number of rotatable bonds is 9. The molecule has 1 atom stereocenters. The molecule has 0 radical (unpaired) electrons. The summed E-state index contributed by atoms with van der Waals surface area (Å²) in [5.74, 6) is 1.58. The second-order valence-corrected chi connectivity index (χ2v) is 14.6. The van der Waals surface area contributed by atoms with E-state index >= 15 is 0 Å². The van der Waals surface area contributed by atoms with E-state index in [0.717, 1.165) is 49.1 Å². The van der Waals surface area contributed by atoms with Crippen molar-refractivity contribution >= 4 is 12.1 Å². The lowest BCUT2D eigenvalue weighted by Crippen LogP contribution is -2.41. The fourth-order valence-electron chi connectivity index (χ4n) is 7.21. The van der Waals surface area contributed by atoms with Gasteiger partial charge in [0.2, 0.25) is 0 Å². The number of nitrogens with zero attached hydrogens (tertiary/aromatic N) is 4. The van der Waals surface area contributed by atoms with Crippen molar-refractivity contribution in [2.24, 2.45) is 0 Å². The van der Waals surface area contributed by atoms with Crippen molar-refractivity contribution in [3.63, 3.8) is 0 Å². The molecule has 1 aliphatic heterocycles.